The molecular weight excluding hydrogens is 250 g/mol. The summed E-state index contributed by atoms with van der Waals surface area (Å²) in [6, 6.07) is 0. The van der Waals surface area contributed by atoms with E-state index in [1.165, 1.54) is 65.0 Å². The van der Waals surface area contributed by atoms with Crippen LogP contribution in [0.2, 0.25) is 0 Å². The van der Waals surface area contributed by atoms with Crippen molar-refractivity contribution in [2.24, 2.45) is 5.92 Å². The molecule has 4 nitrogen and oxygen atoms in total. The Labute approximate surface area is 124 Å². The van der Waals surface area contributed by atoms with Crippen molar-refractivity contribution in [2.45, 2.75) is 44.6 Å². The first-order valence-electron chi connectivity index (χ1n) is 8.48. The molecule has 4 heteroatoms. The van der Waals surface area contributed by atoms with Gasteiger partial charge < -0.3 is 20.2 Å². The average Bonchev–Trinajstić information content (AvgIpc) is 2.90. The van der Waals surface area contributed by atoms with Gasteiger partial charge in [-0.05, 0) is 51.7 Å². The smallest absolute Gasteiger partial charge is 0.0615 e. The maximum atomic E-state index is 9.73. The van der Waals surface area contributed by atoms with Crippen molar-refractivity contribution in [3.05, 3.63) is 0 Å². The number of nitrogens with zero attached hydrogens (tertiary/aromatic N) is 2. The van der Waals surface area contributed by atoms with E-state index in [9.17, 15) is 5.11 Å². The molecule has 0 bridgehead atoms. The quantitative estimate of drug-likeness (QED) is 0.735. The molecule has 0 aromatic heterocycles. The number of rotatable bonds is 7. The number of piperazine rings is 1. The first-order valence-corrected chi connectivity index (χ1v) is 8.48. The summed E-state index contributed by atoms with van der Waals surface area (Å²) in [6.45, 7) is 9.91. The van der Waals surface area contributed by atoms with Crippen molar-refractivity contribution in [3.8, 4) is 0 Å². The summed E-state index contributed by atoms with van der Waals surface area (Å²) in [7, 11) is 2.01. The summed E-state index contributed by atoms with van der Waals surface area (Å²) in [6.07, 6.45) is 6.17. The van der Waals surface area contributed by atoms with Crippen LogP contribution < -0.4 is 5.32 Å². The highest BCUT2D eigenvalue weighted by Crippen LogP contribution is 2.37. The van der Waals surface area contributed by atoms with Crippen molar-refractivity contribution >= 4 is 0 Å². The van der Waals surface area contributed by atoms with Gasteiger partial charge in [0.15, 0.2) is 0 Å². The molecule has 2 aliphatic rings. The van der Waals surface area contributed by atoms with Gasteiger partial charge in [-0.15, -0.1) is 0 Å². The maximum absolute atomic E-state index is 9.73. The van der Waals surface area contributed by atoms with Gasteiger partial charge in [0.25, 0.3) is 0 Å². The second kappa shape index (κ2) is 7.74. The number of aliphatic hydroxyl groups is 1. The molecule has 0 aromatic rings. The van der Waals surface area contributed by atoms with E-state index in [4.69, 9.17) is 0 Å². The van der Waals surface area contributed by atoms with Gasteiger partial charge in [0.1, 0.15) is 0 Å². The van der Waals surface area contributed by atoms with Crippen molar-refractivity contribution in [2.75, 3.05) is 52.9 Å². The molecule has 0 spiro atoms. The Balaban J connectivity index is 1.73. The molecule has 2 fully saturated rings. The standard InChI is InChI=1S/C16H33N3O/c1-3-8-18-10-12-19(13-11-18)9-6-15-5-4-7-16(15,14-20)17-2/h15,17,20H,3-14H2,1-2H3. The van der Waals surface area contributed by atoms with Gasteiger partial charge >= 0.3 is 0 Å². The zero-order chi connectivity index (χ0) is 14.4. The van der Waals surface area contributed by atoms with E-state index >= 15 is 0 Å². The Morgan fingerprint density at radius 1 is 1.15 bits per heavy atom. The molecule has 1 aliphatic carbocycles. The van der Waals surface area contributed by atoms with E-state index in [2.05, 4.69) is 22.0 Å². The fourth-order valence-corrected chi connectivity index (χ4v) is 4.07. The average molecular weight is 283 g/mol. The Bertz CT molecular complexity index is 273. The van der Waals surface area contributed by atoms with Crippen LogP contribution >= 0.6 is 0 Å². The summed E-state index contributed by atoms with van der Waals surface area (Å²) < 4.78 is 0. The van der Waals surface area contributed by atoms with E-state index in [1.807, 2.05) is 7.05 Å². The van der Waals surface area contributed by atoms with Gasteiger partial charge in [0.2, 0.25) is 0 Å². The lowest BCUT2D eigenvalue weighted by molar-refractivity contribution is 0.0989. The first-order chi connectivity index (χ1) is 9.74. The van der Waals surface area contributed by atoms with Gasteiger partial charge in [-0.3, -0.25) is 0 Å². The zero-order valence-corrected chi connectivity index (χ0v) is 13.4. The molecule has 0 aromatic carbocycles. The number of hydrogen-bond donors (Lipinski definition) is 2. The van der Waals surface area contributed by atoms with Crippen LogP contribution in [0.5, 0.6) is 0 Å². The summed E-state index contributed by atoms with van der Waals surface area (Å²) in [5, 5.41) is 13.1. The highest BCUT2D eigenvalue weighted by atomic mass is 16.3. The largest absolute Gasteiger partial charge is 0.394 e. The van der Waals surface area contributed by atoms with Crippen LogP contribution in [0.4, 0.5) is 0 Å². The lowest BCUT2D eigenvalue weighted by atomic mass is 9.85. The molecule has 1 saturated carbocycles. The van der Waals surface area contributed by atoms with Gasteiger partial charge in [0, 0.05) is 31.7 Å². The minimum Gasteiger partial charge on any atom is -0.394 e. The van der Waals surface area contributed by atoms with E-state index in [-0.39, 0.29) is 5.54 Å². The minimum atomic E-state index is 0.00400. The van der Waals surface area contributed by atoms with Gasteiger partial charge in [-0.1, -0.05) is 13.3 Å². The van der Waals surface area contributed by atoms with Crippen molar-refractivity contribution in [1.82, 2.24) is 15.1 Å². The van der Waals surface area contributed by atoms with Crippen LogP contribution in [0.25, 0.3) is 0 Å². The zero-order valence-electron chi connectivity index (χ0n) is 13.4. The Hall–Kier alpha value is -0.160. The van der Waals surface area contributed by atoms with E-state index in [0.29, 0.717) is 12.5 Å². The van der Waals surface area contributed by atoms with Gasteiger partial charge in [-0.2, -0.15) is 0 Å². The molecule has 0 amide bonds. The predicted molar refractivity (Wildman–Crippen MR) is 84.0 cm³/mol. The third kappa shape index (κ3) is 3.73. The number of hydrogen-bond acceptors (Lipinski definition) is 4. The van der Waals surface area contributed by atoms with Crippen LogP contribution in [0.3, 0.4) is 0 Å². The second-order valence-corrected chi connectivity index (χ2v) is 6.63. The van der Waals surface area contributed by atoms with Crippen LogP contribution in [-0.4, -0.2) is 73.4 Å². The Morgan fingerprint density at radius 3 is 2.35 bits per heavy atom. The second-order valence-electron chi connectivity index (χ2n) is 6.63. The van der Waals surface area contributed by atoms with Crippen molar-refractivity contribution in [3.63, 3.8) is 0 Å². The summed E-state index contributed by atoms with van der Waals surface area (Å²) in [4.78, 5) is 5.19. The van der Waals surface area contributed by atoms with E-state index in [0.717, 1.165) is 6.42 Å². The Morgan fingerprint density at radius 2 is 1.80 bits per heavy atom. The highest BCUT2D eigenvalue weighted by Gasteiger charge is 2.40. The first kappa shape index (κ1) is 16.2. The molecule has 2 unspecified atom stereocenters. The third-order valence-electron chi connectivity index (χ3n) is 5.54. The molecule has 118 valence electrons. The SMILES string of the molecule is CCCN1CCN(CCC2CCCC2(CO)NC)CC1. The summed E-state index contributed by atoms with van der Waals surface area (Å²) >= 11 is 0. The van der Waals surface area contributed by atoms with E-state index in [1.54, 1.807) is 0 Å². The molecule has 1 saturated heterocycles. The van der Waals surface area contributed by atoms with E-state index < -0.39 is 0 Å². The molecule has 2 N–H and O–H groups in total. The van der Waals surface area contributed by atoms with Gasteiger partial charge in [-0.25, -0.2) is 0 Å². The molecule has 1 aliphatic heterocycles. The fourth-order valence-electron chi connectivity index (χ4n) is 4.07. The minimum absolute atomic E-state index is 0.00400. The van der Waals surface area contributed by atoms with Crippen LogP contribution in [0.15, 0.2) is 0 Å². The molecule has 20 heavy (non-hydrogen) atoms. The molecule has 2 rings (SSSR count). The van der Waals surface area contributed by atoms with Gasteiger partial charge in [0.05, 0.1) is 6.61 Å². The molecule has 1 heterocycles. The monoisotopic (exact) mass is 283 g/mol. The summed E-state index contributed by atoms with van der Waals surface area (Å²) in [5.41, 5.74) is 0.00400. The number of likely N-dealkylation sites (N-methyl/N-ethyl adjacent to an activating group) is 1. The van der Waals surface area contributed by atoms with Crippen molar-refractivity contribution in [1.29, 1.82) is 0 Å². The normalized spacial score (nSPS) is 32.9. The Kier molecular flexibility index (Phi) is 6.27. The van der Waals surface area contributed by atoms with Crippen LogP contribution in [0.1, 0.15) is 39.0 Å². The highest BCUT2D eigenvalue weighted by molar-refractivity contribution is 4.98. The van der Waals surface area contributed by atoms with Crippen LogP contribution in [-0.2, 0) is 0 Å². The topological polar surface area (TPSA) is 38.7 Å². The third-order valence-corrected chi connectivity index (χ3v) is 5.54. The lowest BCUT2D eigenvalue weighted by Gasteiger charge is -2.37. The lowest BCUT2D eigenvalue weighted by Crippen LogP contribution is -2.51. The molecular formula is C16H33N3O. The maximum Gasteiger partial charge on any atom is 0.0615 e. The number of nitrogens with one attached hydrogen (secondary N) is 1. The fraction of sp³-hybridized carbons (Fsp3) is 1.00. The molecule has 0 radical (unpaired) electrons. The number of aliphatic hydroxyl groups excluding tert-OH is 1. The molecule has 2 atom stereocenters. The van der Waals surface area contributed by atoms with Crippen LogP contribution in [0, 0.1) is 5.92 Å². The predicted octanol–water partition coefficient (Wildman–Crippen LogP) is 1.15. The summed E-state index contributed by atoms with van der Waals surface area (Å²) in [5.74, 6) is 0.645. The van der Waals surface area contributed by atoms with Crippen molar-refractivity contribution < 1.29 is 5.11 Å².